The van der Waals surface area contributed by atoms with E-state index in [4.69, 9.17) is 5.11 Å². The first-order chi connectivity index (χ1) is 15.3. The van der Waals surface area contributed by atoms with Crippen molar-refractivity contribution in [3.63, 3.8) is 0 Å². The summed E-state index contributed by atoms with van der Waals surface area (Å²) in [4.78, 5) is 15.3. The number of rotatable bonds is 7. The van der Waals surface area contributed by atoms with Crippen molar-refractivity contribution >= 4 is 35.1 Å². The van der Waals surface area contributed by atoms with Crippen LogP contribution < -0.4 is 5.32 Å². The molecule has 0 unspecified atom stereocenters. The van der Waals surface area contributed by atoms with Crippen LogP contribution in [0.25, 0.3) is 11.6 Å². The largest absolute Gasteiger partial charge is 0.478 e. The summed E-state index contributed by atoms with van der Waals surface area (Å²) in [6, 6.07) is 8.96. The molecule has 0 amide bonds. The number of alkyl halides is 3. The first kappa shape index (κ1) is 22.5. The lowest BCUT2D eigenvalue weighted by Crippen LogP contribution is -2.05. The fourth-order valence-corrected chi connectivity index (χ4v) is 3.17. The fraction of sp³-hybridized carbons (Fsp3) is 0.0526. The molecule has 32 heavy (non-hydrogen) atoms. The highest BCUT2D eigenvalue weighted by Crippen LogP contribution is 2.34. The molecule has 0 aliphatic rings. The summed E-state index contributed by atoms with van der Waals surface area (Å²) in [7, 11) is 0. The van der Waals surface area contributed by atoms with Crippen LogP contribution in [0.1, 0.15) is 17.0 Å². The molecule has 0 spiro atoms. The average Bonchev–Trinajstić information content (AvgIpc) is 3.28. The monoisotopic (exact) mass is 459 g/mol. The van der Waals surface area contributed by atoms with Gasteiger partial charge in [0.05, 0.1) is 5.56 Å². The van der Waals surface area contributed by atoms with Gasteiger partial charge in [-0.25, -0.2) is 9.78 Å². The van der Waals surface area contributed by atoms with Crippen molar-refractivity contribution in [3.8, 4) is 6.07 Å². The molecule has 162 valence electrons. The first-order valence-corrected chi connectivity index (χ1v) is 9.44. The lowest BCUT2D eigenvalue weighted by atomic mass is 10.2. The summed E-state index contributed by atoms with van der Waals surface area (Å²) >= 11 is 1.07. The van der Waals surface area contributed by atoms with Crippen LogP contribution in [0.15, 0.2) is 58.7 Å². The minimum Gasteiger partial charge on any atom is -0.478 e. The molecule has 0 fully saturated rings. The standard InChI is InChI=1S/C19H12F3N7O2S/c20-19(21,22)13-2-5-16(25-10-13)32-15-4-3-14(7-11(15)1-6-17(30)31)24-9-12(8-23)18-26-28-29-27-18/h1-7,9-10,24H,(H,30,31)(H,26,27,28,29). The number of halogens is 3. The van der Waals surface area contributed by atoms with Crippen molar-refractivity contribution in [2.75, 3.05) is 5.32 Å². The Morgan fingerprint density at radius 1 is 1.28 bits per heavy atom. The Morgan fingerprint density at radius 2 is 2.09 bits per heavy atom. The van der Waals surface area contributed by atoms with Crippen LogP contribution in [0.3, 0.4) is 0 Å². The smallest absolute Gasteiger partial charge is 0.417 e. The summed E-state index contributed by atoms with van der Waals surface area (Å²) in [5.41, 5.74) is 0.217. The number of pyridine rings is 1. The van der Waals surface area contributed by atoms with Crippen molar-refractivity contribution in [1.82, 2.24) is 25.6 Å². The third-order valence-electron chi connectivity index (χ3n) is 3.78. The van der Waals surface area contributed by atoms with E-state index in [9.17, 15) is 23.2 Å². The van der Waals surface area contributed by atoms with Gasteiger partial charge in [0.1, 0.15) is 16.7 Å². The molecular weight excluding hydrogens is 447 g/mol. The molecule has 0 atom stereocenters. The van der Waals surface area contributed by atoms with Crippen molar-refractivity contribution in [2.24, 2.45) is 0 Å². The molecule has 0 bridgehead atoms. The van der Waals surface area contributed by atoms with Gasteiger partial charge in [-0.15, -0.1) is 10.2 Å². The van der Waals surface area contributed by atoms with E-state index in [0.29, 0.717) is 21.2 Å². The Hall–Kier alpha value is -4.18. The van der Waals surface area contributed by atoms with Gasteiger partial charge in [-0.05, 0) is 47.2 Å². The number of aromatic amines is 1. The number of hydrogen-bond donors (Lipinski definition) is 3. The summed E-state index contributed by atoms with van der Waals surface area (Å²) in [5, 5.41) is 34.4. The number of anilines is 1. The minimum atomic E-state index is -4.49. The second kappa shape index (κ2) is 9.75. The molecule has 2 aromatic heterocycles. The highest BCUT2D eigenvalue weighted by atomic mass is 32.2. The molecule has 1 aromatic carbocycles. The van der Waals surface area contributed by atoms with Gasteiger partial charge in [-0.2, -0.15) is 23.6 Å². The number of hydrogen-bond acceptors (Lipinski definition) is 8. The zero-order chi connectivity index (χ0) is 23.1. The van der Waals surface area contributed by atoms with E-state index < -0.39 is 17.7 Å². The van der Waals surface area contributed by atoms with Crippen molar-refractivity contribution in [2.45, 2.75) is 16.1 Å². The highest BCUT2D eigenvalue weighted by Gasteiger charge is 2.30. The molecule has 13 heteroatoms. The Bertz CT molecular complexity index is 1200. The van der Waals surface area contributed by atoms with Gasteiger partial charge >= 0.3 is 12.1 Å². The van der Waals surface area contributed by atoms with Crippen LogP contribution in [0.5, 0.6) is 0 Å². The maximum atomic E-state index is 12.7. The van der Waals surface area contributed by atoms with Gasteiger partial charge in [0.25, 0.3) is 0 Å². The fourth-order valence-electron chi connectivity index (χ4n) is 2.32. The number of H-pyrrole nitrogens is 1. The molecule has 0 aliphatic heterocycles. The highest BCUT2D eigenvalue weighted by molar-refractivity contribution is 7.99. The van der Waals surface area contributed by atoms with Crippen LogP contribution >= 0.6 is 11.8 Å². The van der Waals surface area contributed by atoms with Gasteiger partial charge < -0.3 is 10.4 Å². The summed E-state index contributed by atoms with van der Waals surface area (Å²) < 4.78 is 38.2. The number of nitrogens with zero attached hydrogens (tertiary/aromatic N) is 5. The van der Waals surface area contributed by atoms with Crippen molar-refractivity contribution in [3.05, 3.63) is 65.8 Å². The van der Waals surface area contributed by atoms with Crippen LogP contribution in [0, 0.1) is 11.3 Å². The molecule has 0 saturated carbocycles. The number of carbonyl (C=O) groups is 1. The van der Waals surface area contributed by atoms with Crippen molar-refractivity contribution in [1.29, 1.82) is 5.26 Å². The Labute approximate surface area is 182 Å². The normalized spacial score (nSPS) is 12.0. The summed E-state index contributed by atoms with van der Waals surface area (Å²) in [6.45, 7) is 0. The zero-order valence-electron chi connectivity index (χ0n) is 15.8. The van der Waals surface area contributed by atoms with E-state index in [-0.39, 0.29) is 11.4 Å². The number of nitrogens with one attached hydrogen (secondary N) is 2. The Morgan fingerprint density at radius 3 is 2.69 bits per heavy atom. The van der Waals surface area contributed by atoms with E-state index in [0.717, 1.165) is 30.1 Å². The third-order valence-corrected chi connectivity index (χ3v) is 4.83. The number of aromatic nitrogens is 5. The lowest BCUT2D eigenvalue weighted by molar-refractivity contribution is -0.138. The Kier molecular flexibility index (Phi) is 6.86. The quantitative estimate of drug-likeness (QED) is 0.355. The van der Waals surface area contributed by atoms with Gasteiger partial charge in [-0.3, -0.25) is 0 Å². The van der Waals surface area contributed by atoms with Gasteiger partial charge in [0.15, 0.2) is 0 Å². The summed E-state index contributed by atoms with van der Waals surface area (Å²) in [5.74, 6) is -1.08. The van der Waals surface area contributed by atoms with E-state index in [2.05, 4.69) is 30.9 Å². The van der Waals surface area contributed by atoms with Crippen LogP contribution in [0.2, 0.25) is 0 Å². The van der Waals surface area contributed by atoms with E-state index in [1.807, 2.05) is 6.07 Å². The molecular formula is C19H12F3N7O2S. The van der Waals surface area contributed by atoms with Crippen LogP contribution in [0.4, 0.5) is 18.9 Å². The third kappa shape index (κ3) is 5.92. The molecule has 3 N–H and O–H groups in total. The predicted molar refractivity (Wildman–Crippen MR) is 108 cm³/mol. The number of aliphatic carboxylic acids is 1. The van der Waals surface area contributed by atoms with Crippen LogP contribution in [-0.4, -0.2) is 36.7 Å². The van der Waals surface area contributed by atoms with E-state index in [1.165, 1.54) is 18.3 Å². The maximum absolute atomic E-state index is 12.7. The molecule has 3 aromatic rings. The number of nitriles is 1. The van der Waals surface area contributed by atoms with Gasteiger partial charge in [0, 0.05) is 29.1 Å². The molecule has 0 saturated heterocycles. The summed E-state index contributed by atoms with van der Waals surface area (Å²) in [6.07, 6.45) is -0.129. The van der Waals surface area contributed by atoms with E-state index in [1.54, 1.807) is 18.2 Å². The number of allylic oxidation sites excluding steroid dienone is 1. The number of tetrazole rings is 1. The topological polar surface area (TPSA) is 140 Å². The second-order valence-corrected chi connectivity index (χ2v) is 7.02. The minimum absolute atomic E-state index is 0.0894. The molecule has 2 heterocycles. The van der Waals surface area contributed by atoms with Crippen LogP contribution in [-0.2, 0) is 11.0 Å². The number of carboxylic acids is 1. The predicted octanol–water partition coefficient (Wildman–Crippen LogP) is 3.84. The Balaban J connectivity index is 1.86. The SMILES string of the molecule is N#CC(=CNc1ccc(Sc2ccc(C(F)(F)F)cn2)c(C=CC(=O)O)c1)c1nn[nH]n1. The number of benzene rings is 1. The molecule has 0 radical (unpaired) electrons. The van der Waals surface area contributed by atoms with Gasteiger partial charge in [0.2, 0.25) is 5.82 Å². The lowest BCUT2D eigenvalue weighted by Gasteiger charge is -2.10. The zero-order valence-corrected chi connectivity index (χ0v) is 16.6. The van der Waals surface area contributed by atoms with E-state index >= 15 is 0 Å². The number of carboxylic acid groups (broad SMARTS) is 1. The molecule has 3 rings (SSSR count). The first-order valence-electron chi connectivity index (χ1n) is 8.63. The maximum Gasteiger partial charge on any atom is 0.417 e. The average molecular weight is 459 g/mol. The van der Waals surface area contributed by atoms with Gasteiger partial charge in [-0.1, -0.05) is 11.8 Å². The second-order valence-electron chi connectivity index (χ2n) is 5.96. The van der Waals surface area contributed by atoms with Crippen molar-refractivity contribution < 1.29 is 23.1 Å². The molecule has 9 nitrogen and oxygen atoms in total. The molecule has 0 aliphatic carbocycles.